The number of nitrogens with one attached hydrogen (secondary N) is 1. The molecule has 16 heavy (non-hydrogen) atoms. The lowest BCUT2D eigenvalue weighted by atomic mass is 9.84. The van der Waals surface area contributed by atoms with Gasteiger partial charge in [-0.1, -0.05) is 0 Å². The zero-order valence-corrected chi connectivity index (χ0v) is 10.5. The first-order valence-corrected chi connectivity index (χ1v) is 7.01. The lowest BCUT2D eigenvalue weighted by molar-refractivity contribution is -0.0248. The number of sulfonamides is 1. The third-order valence-corrected chi connectivity index (χ3v) is 3.95. The van der Waals surface area contributed by atoms with Gasteiger partial charge in [-0.2, -0.15) is 0 Å². The highest BCUT2D eigenvalue weighted by atomic mass is 32.2. The molecule has 0 saturated heterocycles. The van der Waals surface area contributed by atoms with Gasteiger partial charge in [-0.25, -0.2) is 13.1 Å². The molecule has 0 aliphatic heterocycles. The van der Waals surface area contributed by atoms with Gasteiger partial charge < -0.3 is 15.2 Å². The van der Waals surface area contributed by atoms with E-state index in [-0.39, 0.29) is 30.5 Å². The van der Waals surface area contributed by atoms with Gasteiger partial charge in [0.1, 0.15) is 0 Å². The molecule has 3 unspecified atom stereocenters. The molecule has 0 amide bonds. The van der Waals surface area contributed by atoms with Gasteiger partial charge in [0, 0.05) is 19.8 Å². The van der Waals surface area contributed by atoms with E-state index in [9.17, 15) is 8.42 Å². The lowest BCUT2D eigenvalue weighted by Gasteiger charge is -2.42. The van der Waals surface area contributed by atoms with Gasteiger partial charge in [0.15, 0.2) is 0 Å². The monoisotopic (exact) mass is 252 g/mol. The molecule has 3 N–H and O–H groups in total. The Kier molecular flexibility index (Phi) is 5.13. The van der Waals surface area contributed by atoms with Crippen molar-refractivity contribution in [3.63, 3.8) is 0 Å². The maximum Gasteiger partial charge on any atom is 0.214 e. The quantitative estimate of drug-likeness (QED) is 0.610. The molecule has 3 atom stereocenters. The predicted octanol–water partition coefficient (Wildman–Crippen LogP) is -0.943. The Morgan fingerprint density at radius 3 is 2.69 bits per heavy atom. The lowest BCUT2D eigenvalue weighted by Crippen LogP contribution is -2.65. The van der Waals surface area contributed by atoms with E-state index in [4.69, 9.17) is 15.2 Å². The molecule has 96 valence electrons. The summed E-state index contributed by atoms with van der Waals surface area (Å²) >= 11 is 0. The fourth-order valence-electron chi connectivity index (χ4n) is 1.65. The highest BCUT2D eigenvalue weighted by Gasteiger charge is 2.41. The van der Waals surface area contributed by atoms with Crippen LogP contribution in [-0.4, -0.2) is 52.7 Å². The van der Waals surface area contributed by atoms with E-state index in [1.165, 1.54) is 7.11 Å². The fraction of sp³-hybridized carbons (Fsp3) is 1.00. The van der Waals surface area contributed by atoms with Crippen molar-refractivity contribution in [1.82, 2.24) is 4.72 Å². The normalized spacial score (nSPS) is 30.1. The number of methoxy groups -OCH3 is 1. The van der Waals surface area contributed by atoms with Gasteiger partial charge in [-0.05, 0) is 13.3 Å². The smallest absolute Gasteiger partial charge is 0.214 e. The zero-order chi connectivity index (χ0) is 12.2. The van der Waals surface area contributed by atoms with E-state index in [2.05, 4.69) is 4.72 Å². The predicted molar refractivity (Wildman–Crippen MR) is 60.6 cm³/mol. The maximum absolute atomic E-state index is 11.6. The molecule has 7 heteroatoms. The molecule has 1 aliphatic carbocycles. The molecule has 0 aromatic heterocycles. The summed E-state index contributed by atoms with van der Waals surface area (Å²) in [6.45, 7) is 2.62. The summed E-state index contributed by atoms with van der Waals surface area (Å²) in [5, 5.41) is 0. The number of ether oxygens (including phenoxy) is 2. The summed E-state index contributed by atoms with van der Waals surface area (Å²) in [6.07, 6.45) is 0.600. The van der Waals surface area contributed by atoms with Crippen molar-refractivity contribution < 1.29 is 17.9 Å². The number of hydrogen-bond donors (Lipinski definition) is 2. The van der Waals surface area contributed by atoms with Crippen LogP contribution in [-0.2, 0) is 19.5 Å². The highest BCUT2D eigenvalue weighted by molar-refractivity contribution is 7.89. The van der Waals surface area contributed by atoms with Crippen LogP contribution in [0.15, 0.2) is 0 Å². The second-order valence-corrected chi connectivity index (χ2v) is 5.72. The van der Waals surface area contributed by atoms with Gasteiger partial charge in [0.05, 0.1) is 24.5 Å². The summed E-state index contributed by atoms with van der Waals surface area (Å²) in [5.74, 6) is -0.0500. The van der Waals surface area contributed by atoms with E-state index < -0.39 is 10.0 Å². The van der Waals surface area contributed by atoms with Crippen LogP contribution < -0.4 is 10.5 Å². The van der Waals surface area contributed by atoms with Crippen LogP contribution in [0.2, 0.25) is 0 Å². The van der Waals surface area contributed by atoms with Crippen molar-refractivity contribution in [1.29, 1.82) is 0 Å². The summed E-state index contributed by atoms with van der Waals surface area (Å²) in [4.78, 5) is 0. The van der Waals surface area contributed by atoms with Crippen LogP contribution in [0.5, 0.6) is 0 Å². The Balaban J connectivity index is 2.45. The first kappa shape index (κ1) is 13.9. The number of rotatable bonds is 7. The largest absolute Gasteiger partial charge is 0.384 e. The highest BCUT2D eigenvalue weighted by Crippen LogP contribution is 2.23. The van der Waals surface area contributed by atoms with Gasteiger partial charge in [-0.3, -0.25) is 0 Å². The van der Waals surface area contributed by atoms with Crippen LogP contribution in [0.25, 0.3) is 0 Å². The Hall–Kier alpha value is -0.210. The average molecular weight is 252 g/mol. The van der Waals surface area contributed by atoms with E-state index in [1.54, 1.807) is 0 Å². The first-order valence-electron chi connectivity index (χ1n) is 5.36. The van der Waals surface area contributed by atoms with Crippen LogP contribution in [0.4, 0.5) is 0 Å². The third-order valence-electron chi connectivity index (χ3n) is 2.62. The molecule has 0 heterocycles. The topological polar surface area (TPSA) is 90.6 Å². The maximum atomic E-state index is 11.6. The standard InChI is InChI=1S/C9H20N2O4S/c1-3-15-8-6-7(10)9(8)11-16(12,13)5-4-14-2/h7-9,11H,3-6,10H2,1-2H3. The van der Waals surface area contributed by atoms with Gasteiger partial charge in [0.25, 0.3) is 0 Å². The molecule has 0 bridgehead atoms. The van der Waals surface area contributed by atoms with Crippen molar-refractivity contribution in [2.45, 2.75) is 31.5 Å². The minimum atomic E-state index is -3.32. The fourth-order valence-corrected chi connectivity index (χ4v) is 2.89. The van der Waals surface area contributed by atoms with Crippen molar-refractivity contribution >= 4 is 10.0 Å². The molecular formula is C9H20N2O4S. The van der Waals surface area contributed by atoms with Crippen LogP contribution >= 0.6 is 0 Å². The Bertz CT molecular complexity index is 305. The van der Waals surface area contributed by atoms with Crippen molar-refractivity contribution in [2.24, 2.45) is 5.73 Å². The minimum absolute atomic E-state index is 0.0500. The van der Waals surface area contributed by atoms with Crippen molar-refractivity contribution in [3.05, 3.63) is 0 Å². The molecule has 0 aromatic rings. The molecule has 0 radical (unpaired) electrons. The van der Waals surface area contributed by atoms with Gasteiger partial charge in [-0.15, -0.1) is 0 Å². The molecule has 0 spiro atoms. The SMILES string of the molecule is CCOC1CC(N)C1NS(=O)(=O)CCOC. The average Bonchev–Trinajstić information content (AvgIpc) is 2.24. The Labute approximate surface area is 96.5 Å². The van der Waals surface area contributed by atoms with Gasteiger partial charge >= 0.3 is 0 Å². The van der Waals surface area contributed by atoms with E-state index in [0.29, 0.717) is 13.0 Å². The van der Waals surface area contributed by atoms with Crippen LogP contribution in [0.1, 0.15) is 13.3 Å². The van der Waals surface area contributed by atoms with Crippen LogP contribution in [0, 0.1) is 0 Å². The number of nitrogens with two attached hydrogens (primary N) is 1. The van der Waals surface area contributed by atoms with Crippen LogP contribution in [0.3, 0.4) is 0 Å². The van der Waals surface area contributed by atoms with Crippen molar-refractivity contribution in [2.75, 3.05) is 26.1 Å². The number of hydrogen-bond acceptors (Lipinski definition) is 5. The van der Waals surface area contributed by atoms with Gasteiger partial charge in [0.2, 0.25) is 10.0 Å². The molecule has 6 nitrogen and oxygen atoms in total. The zero-order valence-electron chi connectivity index (χ0n) is 9.68. The molecule has 1 rings (SSSR count). The van der Waals surface area contributed by atoms with E-state index >= 15 is 0 Å². The summed E-state index contributed by atoms with van der Waals surface area (Å²) in [6, 6.07) is -0.462. The second kappa shape index (κ2) is 5.92. The molecule has 1 saturated carbocycles. The van der Waals surface area contributed by atoms with E-state index in [1.807, 2.05) is 6.92 Å². The molecular weight excluding hydrogens is 232 g/mol. The summed E-state index contributed by atoms with van der Waals surface area (Å²) in [5.41, 5.74) is 5.74. The first-order chi connectivity index (χ1) is 7.50. The third kappa shape index (κ3) is 3.67. The molecule has 0 aromatic carbocycles. The minimum Gasteiger partial charge on any atom is -0.384 e. The second-order valence-electron chi connectivity index (χ2n) is 3.85. The van der Waals surface area contributed by atoms with Crippen molar-refractivity contribution in [3.8, 4) is 0 Å². The summed E-state index contributed by atoms with van der Waals surface area (Å²) < 4.78 is 35.8. The van der Waals surface area contributed by atoms with E-state index in [0.717, 1.165) is 0 Å². The Morgan fingerprint density at radius 1 is 1.50 bits per heavy atom. The molecule has 1 fully saturated rings. The summed E-state index contributed by atoms with van der Waals surface area (Å²) in [7, 11) is -1.86. The molecule has 1 aliphatic rings. The Morgan fingerprint density at radius 2 is 2.19 bits per heavy atom.